The molecule has 0 aliphatic carbocycles. The van der Waals surface area contributed by atoms with Crippen LogP contribution >= 0.6 is 0 Å². The fourth-order valence-electron chi connectivity index (χ4n) is 3.79. The average Bonchev–Trinajstić information content (AvgIpc) is 3.44. The molecule has 2 aromatic carbocycles. The van der Waals surface area contributed by atoms with Gasteiger partial charge in [0.1, 0.15) is 11.3 Å². The van der Waals surface area contributed by atoms with E-state index in [1.807, 2.05) is 49.0 Å². The second-order valence-electron chi connectivity index (χ2n) is 7.93. The molecule has 0 aliphatic rings. The van der Waals surface area contributed by atoms with Crippen LogP contribution in [-0.2, 0) is 13.0 Å². The predicted molar refractivity (Wildman–Crippen MR) is 122 cm³/mol. The van der Waals surface area contributed by atoms with Gasteiger partial charge in [0.15, 0.2) is 0 Å². The molecule has 166 valence electrons. The maximum Gasteiger partial charge on any atom is 0.253 e. The van der Waals surface area contributed by atoms with Gasteiger partial charge in [-0.15, -0.1) is 5.10 Å². The number of benzene rings is 2. The summed E-state index contributed by atoms with van der Waals surface area (Å²) >= 11 is 0. The Hall–Kier alpha value is -3.55. The number of carbonyl (C=O) groups is 1. The number of nitrogens with zero attached hydrogens (tertiary/aromatic N) is 5. The van der Waals surface area contributed by atoms with Crippen molar-refractivity contribution >= 4 is 16.9 Å². The van der Waals surface area contributed by atoms with E-state index in [-0.39, 0.29) is 11.7 Å². The van der Waals surface area contributed by atoms with Crippen molar-refractivity contribution in [3.63, 3.8) is 0 Å². The lowest BCUT2D eigenvalue weighted by atomic mass is 10.1. The molecule has 8 heteroatoms. The number of rotatable bonds is 9. The Kier molecular flexibility index (Phi) is 6.58. The topological polar surface area (TPSA) is 79.7 Å². The molecule has 0 saturated heterocycles. The number of aromatic nitrogens is 5. The molecule has 0 radical (unpaired) electrons. The third-order valence-electron chi connectivity index (χ3n) is 5.60. The molecule has 7 nitrogen and oxygen atoms in total. The van der Waals surface area contributed by atoms with Crippen LogP contribution < -0.4 is 0 Å². The highest BCUT2D eigenvalue weighted by Gasteiger charge is 2.14. The van der Waals surface area contributed by atoms with Crippen molar-refractivity contribution in [2.45, 2.75) is 39.2 Å². The number of carbonyl (C=O) groups excluding carboxylic acids is 1. The Labute approximate surface area is 186 Å². The van der Waals surface area contributed by atoms with Gasteiger partial charge in [-0.3, -0.25) is 9.89 Å². The van der Waals surface area contributed by atoms with Crippen LogP contribution in [0.5, 0.6) is 0 Å². The Morgan fingerprint density at radius 2 is 2.00 bits per heavy atom. The lowest BCUT2D eigenvalue weighted by molar-refractivity contribution is 0.0792. The highest BCUT2D eigenvalue weighted by atomic mass is 19.1. The highest BCUT2D eigenvalue weighted by molar-refractivity contribution is 5.97. The quantitative estimate of drug-likeness (QED) is 0.394. The fourth-order valence-corrected chi connectivity index (χ4v) is 3.79. The van der Waals surface area contributed by atoms with Gasteiger partial charge in [-0.05, 0) is 62.6 Å². The van der Waals surface area contributed by atoms with Gasteiger partial charge in [-0.25, -0.2) is 9.07 Å². The van der Waals surface area contributed by atoms with E-state index in [9.17, 15) is 9.18 Å². The van der Waals surface area contributed by atoms with E-state index < -0.39 is 0 Å². The lowest BCUT2D eigenvalue weighted by Gasteiger charge is -2.17. The van der Waals surface area contributed by atoms with Gasteiger partial charge < -0.3 is 4.90 Å². The molecule has 0 fully saturated rings. The SMILES string of the molecule is CCn1nnc2cc(C(=O)N(C)CCCCCc3cc(-c4cccc(F)c4)n[nH]3)ccc21. The van der Waals surface area contributed by atoms with E-state index >= 15 is 0 Å². The van der Waals surface area contributed by atoms with E-state index in [2.05, 4.69) is 20.5 Å². The average molecular weight is 435 g/mol. The van der Waals surface area contributed by atoms with Crippen LogP contribution in [0.4, 0.5) is 4.39 Å². The summed E-state index contributed by atoms with van der Waals surface area (Å²) in [5.41, 5.74) is 4.85. The summed E-state index contributed by atoms with van der Waals surface area (Å²) in [4.78, 5) is 14.5. The van der Waals surface area contributed by atoms with Crippen LogP contribution in [0.25, 0.3) is 22.3 Å². The van der Waals surface area contributed by atoms with Crippen molar-refractivity contribution in [2.24, 2.45) is 0 Å². The summed E-state index contributed by atoms with van der Waals surface area (Å²) in [5.74, 6) is -0.274. The molecular weight excluding hydrogens is 407 g/mol. The molecule has 2 aromatic heterocycles. The maximum absolute atomic E-state index is 13.4. The molecule has 4 aromatic rings. The number of aromatic amines is 1. The summed E-state index contributed by atoms with van der Waals surface area (Å²) in [6.07, 6.45) is 3.76. The molecule has 0 atom stereocenters. The second kappa shape index (κ2) is 9.72. The summed E-state index contributed by atoms with van der Waals surface area (Å²) in [6, 6.07) is 14.0. The van der Waals surface area contributed by atoms with E-state index in [4.69, 9.17) is 0 Å². The van der Waals surface area contributed by atoms with Crippen molar-refractivity contribution in [3.05, 3.63) is 65.6 Å². The van der Waals surface area contributed by atoms with Gasteiger partial charge in [-0.1, -0.05) is 23.8 Å². The summed E-state index contributed by atoms with van der Waals surface area (Å²) in [6.45, 7) is 3.45. The van der Waals surface area contributed by atoms with E-state index in [1.54, 1.807) is 11.0 Å². The van der Waals surface area contributed by atoms with Crippen LogP contribution in [-0.4, -0.2) is 49.6 Å². The number of nitrogens with one attached hydrogen (secondary N) is 1. The van der Waals surface area contributed by atoms with Gasteiger partial charge in [0.25, 0.3) is 5.91 Å². The molecule has 0 spiro atoms. The van der Waals surface area contributed by atoms with Crippen molar-refractivity contribution in [2.75, 3.05) is 13.6 Å². The van der Waals surface area contributed by atoms with Gasteiger partial charge in [0, 0.05) is 37.0 Å². The number of halogens is 1. The minimum Gasteiger partial charge on any atom is -0.342 e. The number of H-pyrrole nitrogens is 1. The number of aryl methyl sites for hydroxylation is 2. The Morgan fingerprint density at radius 3 is 2.81 bits per heavy atom. The number of hydrogen-bond acceptors (Lipinski definition) is 4. The number of amides is 1. The van der Waals surface area contributed by atoms with Crippen LogP contribution in [0.2, 0.25) is 0 Å². The van der Waals surface area contributed by atoms with Gasteiger partial charge in [0.05, 0.1) is 11.2 Å². The van der Waals surface area contributed by atoms with E-state index in [0.717, 1.165) is 60.2 Å². The van der Waals surface area contributed by atoms with Crippen molar-refractivity contribution in [1.82, 2.24) is 30.1 Å². The summed E-state index contributed by atoms with van der Waals surface area (Å²) in [7, 11) is 1.83. The van der Waals surface area contributed by atoms with Gasteiger partial charge in [0.2, 0.25) is 0 Å². The highest BCUT2D eigenvalue weighted by Crippen LogP contribution is 2.19. The molecule has 2 heterocycles. The minimum atomic E-state index is -0.266. The largest absolute Gasteiger partial charge is 0.342 e. The predicted octanol–water partition coefficient (Wildman–Crippen LogP) is 4.47. The summed E-state index contributed by atoms with van der Waals surface area (Å²) < 4.78 is 15.2. The molecule has 0 unspecified atom stereocenters. The maximum atomic E-state index is 13.4. The Balaban J connectivity index is 1.23. The normalized spacial score (nSPS) is 11.2. The molecule has 0 saturated carbocycles. The third-order valence-corrected chi connectivity index (χ3v) is 5.60. The monoisotopic (exact) mass is 434 g/mol. The Morgan fingerprint density at radius 1 is 1.12 bits per heavy atom. The van der Waals surface area contributed by atoms with Crippen LogP contribution in [0.15, 0.2) is 48.5 Å². The first-order chi connectivity index (χ1) is 15.5. The van der Waals surface area contributed by atoms with Crippen molar-refractivity contribution in [3.8, 4) is 11.3 Å². The first-order valence-corrected chi connectivity index (χ1v) is 10.9. The molecule has 1 N–H and O–H groups in total. The molecule has 0 aliphatic heterocycles. The van der Waals surface area contributed by atoms with Crippen LogP contribution in [0.3, 0.4) is 0 Å². The van der Waals surface area contributed by atoms with E-state index in [0.29, 0.717) is 12.1 Å². The van der Waals surface area contributed by atoms with Gasteiger partial charge >= 0.3 is 0 Å². The zero-order chi connectivity index (χ0) is 22.5. The molecule has 32 heavy (non-hydrogen) atoms. The van der Waals surface area contributed by atoms with Gasteiger partial charge in [-0.2, -0.15) is 5.10 Å². The Bertz CT molecular complexity index is 1210. The molecule has 4 rings (SSSR count). The van der Waals surface area contributed by atoms with E-state index in [1.165, 1.54) is 12.1 Å². The molecule has 1 amide bonds. The minimum absolute atomic E-state index is 0.00810. The molecular formula is C24H27FN6O. The first-order valence-electron chi connectivity index (χ1n) is 10.9. The first kappa shape index (κ1) is 21.7. The number of hydrogen-bond donors (Lipinski definition) is 1. The number of unbranched alkanes of at least 4 members (excludes halogenated alkanes) is 2. The summed E-state index contributed by atoms with van der Waals surface area (Å²) in [5, 5.41) is 15.6. The van der Waals surface area contributed by atoms with Crippen molar-refractivity contribution < 1.29 is 9.18 Å². The number of fused-ring (bicyclic) bond motifs is 1. The smallest absolute Gasteiger partial charge is 0.253 e. The molecule has 0 bridgehead atoms. The van der Waals surface area contributed by atoms with Crippen molar-refractivity contribution in [1.29, 1.82) is 0 Å². The standard InChI is InChI=1S/C24H27FN6O/c1-3-31-23-12-11-18(15-22(23)28-29-31)24(32)30(2)13-6-4-5-10-20-16-21(27-26-20)17-8-7-9-19(25)14-17/h7-9,11-12,14-16H,3-6,10,13H2,1-2H3,(H,26,27). The van der Waals surface area contributed by atoms with Crippen LogP contribution in [0, 0.1) is 5.82 Å². The lowest BCUT2D eigenvalue weighted by Crippen LogP contribution is -2.27. The third kappa shape index (κ3) is 4.85. The second-order valence-corrected chi connectivity index (χ2v) is 7.93. The zero-order valence-corrected chi connectivity index (χ0v) is 18.4. The zero-order valence-electron chi connectivity index (χ0n) is 18.4. The van der Waals surface area contributed by atoms with Crippen LogP contribution in [0.1, 0.15) is 42.2 Å². The fraction of sp³-hybridized carbons (Fsp3) is 0.333.